The SMILES string of the molecule is CC(C)(C)c1ccc(S(=O)(=O)NCC2CCO2)cc1. The van der Waals surface area contributed by atoms with Gasteiger partial charge < -0.3 is 4.74 Å². The lowest BCUT2D eigenvalue weighted by atomic mass is 9.87. The Labute approximate surface area is 115 Å². The molecular weight excluding hydrogens is 262 g/mol. The number of ether oxygens (including phenoxy) is 1. The normalized spacial score (nSPS) is 20.1. The highest BCUT2D eigenvalue weighted by Gasteiger charge is 2.22. The van der Waals surface area contributed by atoms with Crippen LogP contribution in [0.1, 0.15) is 32.8 Å². The molecule has 0 bridgehead atoms. The second-order valence-electron chi connectivity index (χ2n) is 5.91. The van der Waals surface area contributed by atoms with E-state index >= 15 is 0 Å². The Morgan fingerprint density at radius 2 is 1.84 bits per heavy atom. The molecule has 1 aliphatic heterocycles. The lowest BCUT2D eigenvalue weighted by Gasteiger charge is -2.26. The molecule has 0 aliphatic carbocycles. The molecule has 1 fully saturated rings. The minimum absolute atomic E-state index is 0.0233. The molecular formula is C14H21NO3S. The third-order valence-electron chi connectivity index (χ3n) is 3.33. The van der Waals surface area contributed by atoms with Gasteiger partial charge in [0.25, 0.3) is 0 Å². The van der Waals surface area contributed by atoms with Crippen LogP contribution in [0.4, 0.5) is 0 Å². The zero-order valence-corrected chi connectivity index (χ0v) is 12.5. The minimum Gasteiger partial charge on any atom is -0.377 e. The van der Waals surface area contributed by atoms with Crippen molar-refractivity contribution in [3.05, 3.63) is 29.8 Å². The van der Waals surface area contributed by atoms with E-state index in [4.69, 9.17) is 4.74 Å². The van der Waals surface area contributed by atoms with Crippen LogP contribution in [0.5, 0.6) is 0 Å². The van der Waals surface area contributed by atoms with E-state index in [9.17, 15) is 8.42 Å². The quantitative estimate of drug-likeness (QED) is 0.920. The fraction of sp³-hybridized carbons (Fsp3) is 0.571. The van der Waals surface area contributed by atoms with Crippen LogP contribution in [-0.4, -0.2) is 27.7 Å². The van der Waals surface area contributed by atoms with Gasteiger partial charge in [-0.05, 0) is 29.5 Å². The highest BCUT2D eigenvalue weighted by atomic mass is 32.2. The summed E-state index contributed by atoms with van der Waals surface area (Å²) in [5, 5.41) is 0. The van der Waals surface area contributed by atoms with Gasteiger partial charge in [-0.1, -0.05) is 32.9 Å². The Balaban J connectivity index is 2.07. The van der Waals surface area contributed by atoms with Crippen molar-refractivity contribution in [2.45, 2.75) is 43.6 Å². The molecule has 0 spiro atoms. The fourth-order valence-electron chi connectivity index (χ4n) is 1.87. The first-order valence-corrected chi connectivity index (χ1v) is 7.99. The molecule has 0 aromatic heterocycles. The first-order chi connectivity index (χ1) is 8.79. The van der Waals surface area contributed by atoms with Gasteiger partial charge >= 0.3 is 0 Å². The molecule has 19 heavy (non-hydrogen) atoms. The predicted octanol–water partition coefficient (Wildman–Crippen LogP) is 2.05. The van der Waals surface area contributed by atoms with Crippen molar-refractivity contribution in [1.82, 2.24) is 4.72 Å². The second kappa shape index (κ2) is 5.23. The summed E-state index contributed by atoms with van der Waals surface area (Å²) < 4.78 is 31.9. The van der Waals surface area contributed by atoms with E-state index in [1.165, 1.54) is 0 Å². The van der Waals surface area contributed by atoms with Gasteiger partial charge in [-0.15, -0.1) is 0 Å². The molecule has 1 atom stereocenters. The highest BCUT2D eigenvalue weighted by Crippen LogP contribution is 2.23. The fourth-order valence-corrected chi connectivity index (χ4v) is 2.93. The maximum atomic E-state index is 12.1. The van der Waals surface area contributed by atoms with Gasteiger partial charge in [0.15, 0.2) is 0 Å². The topological polar surface area (TPSA) is 55.4 Å². The molecule has 1 aromatic rings. The Hall–Kier alpha value is -0.910. The standard InChI is InChI=1S/C14H21NO3S/c1-14(2,3)11-4-6-13(7-5-11)19(16,17)15-10-12-8-9-18-12/h4-7,12,15H,8-10H2,1-3H3. The monoisotopic (exact) mass is 283 g/mol. The first-order valence-electron chi connectivity index (χ1n) is 6.51. The largest absolute Gasteiger partial charge is 0.377 e. The number of nitrogens with one attached hydrogen (secondary N) is 1. The van der Waals surface area contributed by atoms with Crippen molar-refractivity contribution in [3.8, 4) is 0 Å². The molecule has 1 heterocycles. The van der Waals surface area contributed by atoms with Gasteiger partial charge in [-0.25, -0.2) is 13.1 Å². The molecule has 2 rings (SSSR count). The average Bonchev–Trinajstić information content (AvgIpc) is 2.26. The van der Waals surface area contributed by atoms with Crippen LogP contribution in [0.3, 0.4) is 0 Å². The van der Waals surface area contributed by atoms with Gasteiger partial charge in [0.2, 0.25) is 10.0 Å². The summed E-state index contributed by atoms with van der Waals surface area (Å²) >= 11 is 0. The molecule has 5 heteroatoms. The molecule has 106 valence electrons. The number of hydrogen-bond acceptors (Lipinski definition) is 3. The van der Waals surface area contributed by atoms with Crippen molar-refractivity contribution >= 4 is 10.0 Å². The Kier molecular flexibility index (Phi) is 3.99. The van der Waals surface area contributed by atoms with Crippen LogP contribution in [-0.2, 0) is 20.2 Å². The maximum Gasteiger partial charge on any atom is 0.240 e. The zero-order chi connectivity index (χ0) is 14.1. The van der Waals surface area contributed by atoms with Gasteiger partial charge in [0, 0.05) is 13.2 Å². The van der Waals surface area contributed by atoms with Crippen LogP contribution in [0, 0.1) is 0 Å². The van der Waals surface area contributed by atoms with E-state index in [-0.39, 0.29) is 11.5 Å². The first kappa shape index (κ1) is 14.5. The number of rotatable bonds is 4. The zero-order valence-electron chi connectivity index (χ0n) is 11.6. The Morgan fingerprint density at radius 1 is 1.26 bits per heavy atom. The van der Waals surface area contributed by atoms with E-state index in [2.05, 4.69) is 25.5 Å². The van der Waals surface area contributed by atoms with Crippen molar-refractivity contribution in [2.24, 2.45) is 0 Å². The summed E-state index contributed by atoms with van der Waals surface area (Å²) in [5.41, 5.74) is 1.14. The lowest BCUT2D eigenvalue weighted by molar-refractivity contribution is -0.0455. The molecule has 0 saturated carbocycles. The van der Waals surface area contributed by atoms with E-state index in [1.807, 2.05) is 12.1 Å². The van der Waals surface area contributed by atoms with Gasteiger partial charge in [-0.2, -0.15) is 0 Å². The summed E-state index contributed by atoms with van der Waals surface area (Å²) in [5.74, 6) is 0. The summed E-state index contributed by atoms with van der Waals surface area (Å²) in [4.78, 5) is 0.305. The lowest BCUT2D eigenvalue weighted by Crippen LogP contribution is -2.39. The van der Waals surface area contributed by atoms with E-state index in [0.29, 0.717) is 11.4 Å². The third kappa shape index (κ3) is 3.55. The van der Waals surface area contributed by atoms with Crippen LogP contribution < -0.4 is 4.72 Å². The van der Waals surface area contributed by atoms with Crippen molar-refractivity contribution < 1.29 is 13.2 Å². The van der Waals surface area contributed by atoms with Crippen LogP contribution in [0.2, 0.25) is 0 Å². The van der Waals surface area contributed by atoms with Crippen LogP contribution in [0.15, 0.2) is 29.2 Å². The Bertz CT molecular complexity index is 525. The molecule has 4 nitrogen and oxygen atoms in total. The third-order valence-corrected chi connectivity index (χ3v) is 4.76. The maximum absolute atomic E-state index is 12.1. The van der Waals surface area contributed by atoms with Gasteiger partial charge in [0.1, 0.15) is 0 Å². The average molecular weight is 283 g/mol. The molecule has 1 aliphatic rings. The van der Waals surface area contributed by atoms with Crippen LogP contribution >= 0.6 is 0 Å². The number of benzene rings is 1. The van der Waals surface area contributed by atoms with Crippen molar-refractivity contribution in [1.29, 1.82) is 0 Å². The minimum atomic E-state index is -3.42. The van der Waals surface area contributed by atoms with Gasteiger partial charge in [-0.3, -0.25) is 0 Å². The summed E-state index contributed by atoms with van der Waals surface area (Å²) in [6.07, 6.45) is 0.953. The Morgan fingerprint density at radius 3 is 2.26 bits per heavy atom. The summed E-state index contributed by atoms with van der Waals surface area (Å²) in [6, 6.07) is 7.05. The summed E-state index contributed by atoms with van der Waals surface area (Å²) in [7, 11) is -3.42. The number of sulfonamides is 1. The molecule has 1 aromatic carbocycles. The molecule has 1 saturated heterocycles. The molecule has 1 N–H and O–H groups in total. The van der Waals surface area contributed by atoms with Crippen LogP contribution in [0.25, 0.3) is 0 Å². The predicted molar refractivity (Wildman–Crippen MR) is 74.7 cm³/mol. The number of hydrogen-bond donors (Lipinski definition) is 1. The van der Waals surface area contributed by atoms with E-state index < -0.39 is 10.0 Å². The molecule has 0 amide bonds. The van der Waals surface area contributed by atoms with E-state index in [0.717, 1.165) is 18.6 Å². The highest BCUT2D eigenvalue weighted by molar-refractivity contribution is 7.89. The molecule has 0 radical (unpaired) electrons. The van der Waals surface area contributed by atoms with Crippen molar-refractivity contribution in [2.75, 3.05) is 13.2 Å². The summed E-state index contributed by atoms with van der Waals surface area (Å²) in [6.45, 7) is 7.38. The second-order valence-corrected chi connectivity index (χ2v) is 7.67. The molecule has 1 unspecified atom stereocenters. The van der Waals surface area contributed by atoms with Crippen molar-refractivity contribution in [3.63, 3.8) is 0 Å². The van der Waals surface area contributed by atoms with E-state index in [1.54, 1.807) is 12.1 Å². The van der Waals surface area contributed by atoms with Gasteiger partial charge in [0.05, 0.1) is 11.0 Å². The smallest absolute Gasteiger partial charge is 0.240 e.